The molecule has 1 aromatic heterocycles. The van der Waals surface area contributed by atoms with Crippen molar-refractivity contribution in [1.29, 1.82) is 0 Å². The van der Waals surface area contributed by atoms with Crippen molar-refractivity contribution in [3.05, 3.63) is 60.2 Å². The summed E-state index contributed by atoms with van der Waals surface area (Å²) in [4.78, 5) is 18.6. The molecule has 0 radical (unpaired) electrons. The van der Waals surface area contributed by atoms with Crippen molar-refractivity contribution in [3.8, 4) is 11.1 Å². The number of halogens is 1. The molecule has 3 unspecified atom stereocenters. The molecule has 150 valence electrons. The first-order chi connectivity index (χ1) is 14.2. The van der Waals surface area contributed by atoms with E-state index < -0.39 is 0 Å². The van der Waals surface area contributed by atoms with Gasteiger partial charge in [-0.2, -0.15) is 0 Å². The zero-order chi connectivity index (χ0) is 19.8. The number of fused-ring (bicyclic) bond motifs is 2. The average Bonchev–Trinajstić information content (AvgIpc) is 3.12. The average molecular weight is 392 g/mol. The number of rotatable bonds is 3. The lowest BCUT2D eigenvalue weighted by molar-refractivity contribution is 0.0472. The van der Waals surface area contributed by atoms with Gasteiger partial charge in [-0.1, -0.05) is 37.1 Å². The van der Waals surface area contributed by atoms with E-state index in [1.165, 1.54) is 37.8 Å². The zero-order valence-electron chi connectivity index (χ0n) is 16.3. The number of ether oxygens (including phenoxy) is 1. The van der Waals surface area contributed by atoms with E-state index in [4.69, 9.17) is 4.74 Å². The first-order valence-corrected chi connectivity index (χ1v) is 10.5. The van der Waals surface area contributed by atoms with Gasteiger partial charge in [0, 0.05) is 24.2 Å². The molecule has 5 rings (SSSR count). The third-order valence-electron chi connectivity index (χ3n) is 6.78. The number of aromatic nitrogens is 1. The van der Waals surface area contributed by atoms with Crippen LogP contribution in [-0.4, -0.2) is 35.2 Å². The second-order valence-electron chi connectivity index (χ2n) is 8.42. The lowest BCUT2D eigenvalue weighted by atomic mass is 9.67. The number of piperidine rings is 1. The van der Waals surface area contributed by atoms with E-state index in [2.05, 4.69) is 17.1 Å². The van der Waals surface area contributed by atoms with Crippen LogP contribution in [0.4, 0.5) is 9.18 Å². The third-order valence-corrected chi connectivity index (χ3v) is 6.78. The molecule has 3 fully saturated rings. The number of amides is 1. The molecule has 0 spiro atoms. The number of benzene rings is 1. The van der Waals surface area contributed by atoms with Crippen molar-refractivity contribution >= 4 is 12.2 Å². The Hall–Kier alpha value is -2.69. The zero-order valence-corrected chi connectivity index (χ0v) is 16.3. The van der Waals surface area contributed by atoms with E-state index in [9.17, 15) is 9.18 Å². The maximum Gasteiger partial charge on any atom is 0.410 e. The Morgan fingerprint density at radius 1 is 1.14 bits per heavy atom. The molecule has 2 aliphatic heterocycles. The van der Waals surface area contributed by atoms with Crippen molar-refractivity contribution in [1.82, 2.24) is 9.88 Å². The Morgan fingerprint density at radius 2 is 2.03 bits per heavy atom. The van der Waals surface area contributed by atoms with Gasteiger partial charge in [-0.25, -0.2) is 9.18 Å². The molecule has 5 heteroatoms. The van der Waals surface area contributed by atoms with E-state index in [1.54, 1.807) is 12.3 Å². The van der Waals surface area contributed by atoms with Gasteiger partial charge >= 0.3 is 6.09 Å². The first-order valence-electron chi connectivity index (χ1n) is 10.5. The smallest absolute Gasteiger partial charge is 0.410 e. The quantitative estimate of drug-likeness (QED) is 0.725. The van der Waals surface area contributed by atoms with Crippen LogP contribution in [0, 0.1) is 23.6 Å². The van der Waals surface area contributed by atoms with Crippen LogP contribution < -0.4 is 0 Å². The van der Waals surface area contributed by atoms with Crippen LogP contribution in [0.3, 0.4) is 0 Å². The normalized spacial score (nSPS) is 28.9. The van der Waals surface area contributed by atoms with Crippen LogP contribution >= 0.6 is 0 Å². The third kappa shape index (κ3) is 3.54. The van der Waals surface area contributed by atoms with Crippen molar-refractivity contribution in [3.63, 3.8) is 0 Å². The van der Waals surface area contributed by atoms with Gasteiger partial charge in [0.1, 0.15) is 12.4 Å². The molecule has 2 aromatic rings. The SMILES string of the molecule is O=C1OC[C@@H]2C(C=Cc3ccc(-c4cccc(F)c4)cn3)C3CCCCC3CN12. The molecule has 1 aliphatic carbocycles. The summed E-state index contributed by atoms with van der Waals surface area (Å²) in [6, 6.07) is 10.6. The summed E-state index contributed by atoms with van der Waals surface area (Å²) in [6.45, 7) is 1.34. The van der Waals surface area contributed by atoms with Crippen LogP contribution in [-0.2, 0) is 4.74 Å². The van der Waals surface area contributed by atoms with Crippen molar-refractivity contribution in [2.45, 2.75) is 31.7 Å². The molecular formula is C24H25FN2O2. The molecule has 1 saturated carbocycles. The van der Waals surface area contributed by atoms with Gasteiger partial charge in [-0.15, -0.1) is 0 Å². The minimum Gasteiger partial charge on any atom is -0.447 e. The number of hydrogen-bond donors (Lipinski definition) is 0. The summed E-state index contributed by atoms with van der Waals surface area (Å²) in [7, 11) is 0. The Morgan fingerprint density at radius 3 is 2.86 bits per heavy atom. The largest absolute Gasteiger partial charge is 0.447 e. The molecule has 4 atom stereocenters. The Bertz CT molecular complexity index is 927. The molecule has 3 heterocycles. The fraction of sp³-hybridized carbons (Fsp3) is 0.417. The predicted molar refractivity (Wildman–Crippen MR) is 109 cm³/mol. The fourth-order valence-electron chi connectivity index (χ4n) is 5.32. The Labute approximate surface area is 170 Å². The Balaban J connectivity index is 1.37. The number of hydrogen-bond acceptors (Lipinski definition) is 3. The maximum absolute atomic E-state index is 13.5. The molecule has 1 aromatic carbocycles. The summed E-state index contributed by atoms with van der Waals surface area (Å²) >= 11 is 0. The van der Waals surface area contributed by atoms with Crippen molar-refractivity contribution < 1.29 is 13.9 Å². The molecule has 1 amide bonds. The van der Waals surface area contributed by atoms with Crippen LogP contribution in [0.15, 0.2) is 48.7 Å². The summed E-state index contributed by atoms with van der Waals surface area (Å²) < 4.78 is 18.8. The minimum atomic E-state index is -0.247. The van der Waals surface area contributed by atoms with Crippen LogP contribution in [0.1, 0.15) is 31.4 Å². The van der Waals surface area contributed by atoms with E-state index in [0.717, 1.165) is 23.4 Å². The van der Waals surface area contributed by atoms with Gasteiger partial charge in [0.2, 0.25) is 0 Å². The standard InChI is InChI=1S/C24H25FN2O2/c25-19-6-3-5-16(12-19)17-8-9-20(26-13-17)10-11-22-21-7-2-1-4-18(21)14-27-23(22)15-29-24(27)28/h3,5-6,8-13,18,21-23H,1-2,4,7,14-15H2/t18?,21?,22?,23-/m1/s1. The summed E-state index contributed by atoms with van der Waals surface area (Å²) in [6.07, 6.45) is 10.9. The van der Waals surface area contributed by atoms with Crippen LogP contribution in [0.25, 0.3) is 17.2 Å². The van der Waals surface area contributed by atoms with E-state index in [-0.39, 0.29) is 18.0 Å². The lowest BCUT2D eigenvalue weighted by Crippen LogP contribution is -2.52. The maximum atomic E-state index is 13.5. The summed E-state index contributed by atoms with van der Waals surface area (Å²) in [5.74, 6) is 1.25. The highest BCUT2D eigenvalue weighted by atomic mass is 19.1. The molecule has 4 nitrogen and oxygen atoms in total. The number of carbonyl (C=O) groups is 1. The highest BCUT2D eigenvalue weighted by Crippen LogP contribution is 2.44. The number of cyclic esters (lactones) is 1. The van der Waals surface area contributed by atoms with Gasteiger partial charge in [-0.05, 0) is 54.5 Å². The molecule has 29 heavy (non-hydrogen) atoms. The highest BCUT2D eigenvalue weighted by molar-refractivity contribution is 5.70. The Kier molecular flexibility index (Phi) is 4.82. The van der Waals surface area contributed by atoms with E-state index >= 15 is 0 Å². The molecule has 0 bridgehead atoms. The van der Waals surface area contributed by atoms with Gasteiger partial charge in [0.15, 0.2) is 0 Å². The molecule has 2 saturated heterocycles. The number of carbonyl (C=O) groups excluding carboxylic acids is 1. The highest BCUT2D eigenvalue weighted by Gasteiger charge is 2.48. The van der Waals surface area contributed by atoms with Crippen molar-refractivity contribution in [2.24, 2.45) is 17.8 Å². The minimum absolute atomic E-state index is 0.143. The predicted octanol–water partition coefficient (Wildman–Crippen LogP) is 5.16. The van der Waals surface area contributed by atoms with E-state index in [1.807, 2.05) is 23.1 Å². The lowest BCUT2D eigenvalue weighted by Gasteiger charge is -2.46. The van der Waals surface area contributed by atoms with Gasteiger partial charge in [0.25, 0.3) is 0 Å². The summed E-state index contributed by atoms with van der Waals surface area (Å²) in [5.41, 5.74) is 2.59. The first kappa shape index (κ1) is 18.3. The number of pyridine rings is 1. The van der Waals surface area contributed by atoms with Gasteiger partial charge in [0.05, 0.1) is 11.7 Å². The second-order valence-corrected chi connectivity index (χ2v) is 8.42. The monoisotopic (exact) mass is 392 g/mol. The second kappa shape index (κ2) is 7.62. The van der Waals surface area contributed by atoms with E-state index in [0.29, 0.717) is 24.4 Å². The van der Waals surface area contributed by atoms with Crippen LogP contribution in [0.2, 0.25) is 0 Å². The van der Waals surface area contributed by atoms with Crippen LogP contribution in [0.5, 0.6) is 0 Å². The summed E-state index contributed by atoms with van der Waals surface area (Å²) in [5, 5.41) is 0. The van der Waals surface area contributed by atoms with Crippen molar-refractivity contribution in [2.75, 3.05) is 13.2 Å². The molecular weight excluding hydrogens is 367 g/mol. The van der Waals surface area contributed by atoms with Gasteiger partial charge in [-0.3, -0.25) is 4.98 Å². The molecule has 3 aliphatic rings. The number of nitrogens with zero attached hydrogens (tertiary/aromatic N) is 2. The topological polar surface area (TPSA) is 42.4 Å². The molecule has 0 N–H and O–H groups in total. The van der Waals surface area contributed by atoms with Gasteiger partial charge < -0.3 is 9.64 Å². The fourth-order valence-corrected chi connectivity index (χ4v) is 5.32.